The molecule has 1 aromatic carbocycles. The standard InChI is InChI=1S/C15H11BrN2O3/c16-12-3-1-2-10(8-12)4-5-14(19)18-13-9-11(15(20)21)6-7-17-13/h1-9H,(H,20,21)(H,17,18,19). The zero-order valence-electron chi connectivity index (χ0n) is 10.8. The summed E-state index contributed by atoms with van der Waals surface area (Å²) < 4.78 is 0.917. The Kier molecular flexibility index (Phi) is 4.84. The van der Waals surface area contributed by atoms with E-state index in [1.165, 1.54) is 24.4 Å². The van der Waals surface area contributed by atoms with Crippen molar-refractivity contribution in [3.05, 3.63) is 64.3 Å². The van der Waals surface area contributed by atoms with Gasteiger partial charge < -0.3 is 10.4 Å². The first-order valence-electron chi connectivity index (χ1n) is 5.98. The average molecular weight is 347 g/mol. The normalized spacial score (nSPS) is 10.5. The smallest absolute Gasteiger partial charge is 0.335 e. The van der Waals surface area contributed by atoms with Crippen LogP contribution in [0.15, 0.2) is 53.1 Å². The summed E-state index contributed by atoms with van der Waals surface area (Å²) in [6, 6.07) is 10.1. The number of aromatic carboxylic acids is 1. The lowest BCUT2D eigenvalue weighted by Crippen LogP contribution is -2.10. The van der Waals surface area contributed by atoms with Crippen molar-refractivity contribution in [1.29, 1.82) is 0 Å². The first kappa shape index (κ1) is 14.9. The van der Waals surface area contributed by atoms with Crippen LogP contribution < -0.4 is 5.32 Å². The number of nitrogens with one attached hydrogen (secondary N) is 1. The molecule has 0 aliphatic carbocycles. The van der Waals surface area contributed by atoms with E-state index in [9.17, 15) is 9.59 Å². The van der Waals surface area contributed by atoms with Crippen LogP contribution >= 0.6 is 15.9 Å². The van der Waals surface area contributed by atoms with Gasteiger partial charge >= 0.3 is 5.97 Å². The number of amides is 1. The number of anilines is 1. The molecule has 106 valence electrons. The second-order valence-electron chi connectivity index (χ2n) is 4.11. The van der Waals surface area contributed by atoms with E-state index in [4.69, 9.17) is 5.11 Å². The molecule has 6 heteroatoms. The second kappa shape index (κ2) is 6.81. The fraction of sp³-hybridized carbons (Fsp3) is 0. The van der Waals surface area contributed by atoms with Gasteiger partial charge in [-0.2, -0.15) is 0 Å². The maximum absolute atomic E-state index is 11.8. The van der Waals surface area contributed by atoms with Crippen LogP contribution in [-0.4, -0.2) is 22.0 Å². The molecular weight excluding hydrogens is 336 g/mol. The number of benzene rings is 1. The van der Waals surface area contributed by atoms with E-state index in [-0.39, 0.29) is 17.3 Å². The van der Waals surface area contributed by atoms with Crippen LogP contribution in [-0.2, 0) is 4.79 Å². The SMILES string of the molecule is O=C(C=Cc1cccc(Br)c1)Nc1cc(C(=O)O)ccn1. The van der Waals surface area contributed by atoms with E-state index in [1.807, 2.05) is 24.3 Å². The lowest BCUT2D eigenvalue weighted by Gasteiger charge is -2.02. The van der Waals surface area contributed by atoms with Gasteiger partial charge in [-0.05, 0) is 35.9 Å². The Balaban J connectivity index is 2.05. The molecule has 2 N–H and O–H groups in total. The quantitative estimate of drug-likeness (QED) is 0.833. The number of hydrogen-bond acceptors (Lipinski definition) is 3. The topological polar surface area (TPSA) is 79.3 Å². The number of hydrogen-bond donors (Lipinski definition) is 2. The minimum atomic E-state index is -1.07. The van der Waals surface area contributed by atoms with Crippen molar-refractivity contribution in [3.63, 3.8) is 0 Å². The Morgan fingerprint density at radius 1 is 1.24 bits per heavy atom. The molecule has 0 atom stereocenters. The predicted molar refractivity (Wildman–Crippen MR) is 83.0 cm³/mol. The van der Waals surface area contributed by atoms with E-state index in [1.54, 1.807) is 6.08 Å². The third-order valence-corrected chi connectivity index (χ3v) is 3.03. The zero-order chi connectivity index (χ0) is 15.2. The molecule has 5 nitrogen and oxygen atoms in total. The minimum Gasteiger partial charge on any atom is -0.478 e. The molecule has 2 aromatic rings. The third kappa shape index (κ3) is 4.54. The van der Waals surface area contributed by atoms with Gasteiger partial charge in [-0.25, -0.2) is 9.78 Å². The summed E-state index contributed by atoms with van der Waals surface area (Å²) >= 11 is 3.34. The van der Waals surface area contributed by atoms with E-state index >= 15 is 0 Å². The van der Waals surface area contributed by atoms with Crippen LogP contribution in [0.2, 0.25) is 0 Å². The molecule has 0 unspecified atom stereocenters. The predicted octanol–water partition coefficient (Wildman–Crippen LogP) is 3.19. The summed E-state index contributed by atoms with van der Waals surface area (Å²) in [4.78, 5) is 26.5. The molecule has 0 saturated heterocycles. The number of rotatable bonds is 4. The maximum atomic E-state index is 11.8. The van der Waals surface area contributed by atoms with Crippen LogP contribution in [0.5, 0.6) is 0 Å². The molecule has 0 fully saturated rings. The first-order valence-corrected chi connectivity index (χ1v) is 6.78. The van der Waals surface area contributed by atoms with Crippen molar-refractivity contribution in [2.45, 2.75) is 0 Å². The Labute approximate surface area is 129 Å². The average Bonchev–Trinajstić information content (AvgIpc) is 2.45. The summed E-state index contributed by atoms with van der Waals surface area (Å²) in [5.74, 6) is -1.26. The molecule has 1 aromatic heterocycles. The number of pyridine rings is 1. The molecule has 0 radical (unpaired) electrons. The summed E-state index contributed by atoms with van der Waals surface area (Å²) in [5.41, 5.74) is 0.933. The Morgan fingerprint density at radius 2 is 2.05 bits per heavy atom. The summed E-state index contributed by atoms with van der Waals surface area (Å²) in [6.45, 7) is 0. The van der Waals surface area contributed by atoms with Crippen LogP contribution in [0.25, 0.3) is 6.08 Å². The Morgan fingerprint density at radius 3 is 2.76 bits per heavy atom. The van der Waals surface area contributed by atoms with Gasteiger partial charge in [0.1, 0.15) is 5.82 Å². The van der Waals surface area contributed by atoms with E-state index < -0.39 is 5.97 Å². The lowest BCUT2D eigenvalue weighted by atomic mass is 10.2. The number of nitrogens with zero attached hydrogens (tertiary/aromatic N) is 1. The lowest BCUT2D eigenvalue weighted by molar-refractivity contribution is -0.111. The molecule has 21 heavy (non-hydrogen) atoms. The van der Waals surface area contributed by atoms with Crippen molar-refractivity contribution >= 4 is 39.7 Å². The number of carboxylic acid groups (broad SMARTS) is 1. The Hall–Kier alpha value is -2.47. The molecule has 2 rings (SSSR count). The van der Waals surface area contributed by atoms with E-state index in [2.05, 4.69) is 26.2 Å². The molecule has 0 bridgehead atoms. The maximum Gasteiger partial charge on any atom is 0.335 e. The van der Waals surface area contributed by atoms with Gasteiger partial charge in [0.15, 0.2) is 0 Å². The summed E-state index contributed by atoms with van der Waals surface area (Å²) in [5, 5.41) is 11.4. The van der Waals surface area contributed by atoms with Crippen molar-refractivity contribution in [2.75, 3.05) is 5.32 Å². The number of carbonyl (C=O) groups excluding carboxylic acids is 1. The molecule has 0 saturated carbocycles. The third-order valence-electron chi connectivity index (χ3n) is 2.53. The van der Waals surface area contributed by atoms with Crippen LogP contribution in [0, 0.1) is 0 Å². The van der Waals surface area contributed by atoms with Gasteiger partial charge in [-0.1, -0.05) is 28.1 Å². The van der Waals surface area contributed by atoms with Gasteiger partial charge in [0, 0.05) is 16.7 Å². The molecule has 1 amide bonds. The molecule has 0 spiro atoms. The van der Waals surface area contributed by atoms with Crippen LogP contribution in [0.3, 0.4) is 0 Å². The molecule has 0 aliphatic rings. The Bertz CT molecular complexity index is 714. The van der Waals surface area contributed by atoms with Crippen molar-refractivity contribution in [1.82, 2.24) is 4.98 Å². The highest BCUT2D eigenvalue weighted by Gasteiger charge is 2.05. The number of carbonyl (C=O) groups is 2. The number of carboxylic acids is 1. The highest BCUT2D eigenvalue weighted by atomic mass is 79.9. The van der Waals surface area contributed by atoms with Crippen LogP contribution in [0.1, 0.15) is 15.9 Å². The fourth-order valence-electron chi connectivity index (χ4n) is 1.58. The molecule has 1 heterocycles. The minimum absolute atomic E-state index is 0.0660. The summed E-state index contributed by atoms with van der Waals surface area (Å²) in [7, 11) is 0. The van der Waals surface area contributed by atoms with Gasteiger partial charge in [-0.3, -0.25) is 4.79 Å². The van der Waals surface area contributed by atoms with Gasteiger partial charge in [0.25, 0.3) is 0 Å². The van der Waals surface area contributed by atoms with Crippen molar-refractivity contribution in [2.24, 2.45) is 0 Å². The molecular formula is C15H11BrN2O3. The first-order chi connectivity index (χ1) is 10.0. The number of aromatic nitrogens is 1. The zero-order valence-corrected chi connectivity index (χ0v) is 12.4. The highest BCUT2D eigenvalue weighted by molar-refractivity contribution is 9.10. The number of halogens is 1. The monoisotopic (exact) mass is 346 g/mol. The fourth-order valence-corrected chi connectivity index (χ4v) is 2.00. The highest BCUT2D eigenvalue weighted by Crippen LogP contribution is 2.13. The van der Waals surface area contributed by atoms with Crippen LogP contribution in [0.4, 0.5) is 5.82 Å². The summed E-state index contributed by atoms with van der Waals surface area (Å²) in [6.07, 6.45) is 4.34. The second-order valence-corrected chi connectivity index (χ2v) is 5.03. The van der Waals surface area contributed by atoms with Gasteiger partial charge in [0.2, 0.25) is 5.91 Å². The van der Waals surface area contributed by atoms with Gasteiger partial charge in [0.05, 0.1) is 5.56 Å². The largest absolute Gasteiger partial charge is 0.478 e. The van der Waals surface area contributed by atoms with E-state index in [0.717, 1.165) is 10.0 Å². The molecule has 0 aliphatic heterocycles. The van der Waals surface area contributed by atoms with Gasteiger partial charge in [-0.15, -0.1) is 0 Å². The van der Waals surface area contributed by atoms with Crippen molar-refractivity contribution in [3.8, 4) is 0 Å². The van der Waals surface area contributed by atoms with Crippen molar-refractivity contribution < 1.29 is 14.7 Å². The van der Waals surface area contributed by atoms with E-state index in [0.29, 0.717) is 0 Å².